The van der Waals surface area contributed by atoms with Gasteiger partial charge < -0.3 is 5.32 Å². The first-order valence-corrected chi connectivity index (χ1v) is 4.57. The van der Waals surface area contributed by atoms with Crippen LogP contribution in [-0.2, 0) is 0 Å². The number of rotatable bonds is 2. The summed E-state index contributed by atoms with van der Waals surface area (Å²) in [5.74, 6) is 0. The molecule has 1 N–H and O–H groups in total. The Balaban J connectivity index is 3.03. The molecule has 0 saturated heterocycles. The lowest BCUT2D eigenvalue weighted by Gasteiger charge is -2.20. The summed E-state index contributed by atoms with van der Waals surface area (Å²) in [4.78, 5) is 0. The van der Waals surface area contributed by atoms with Gasteiger partial charge in [0.2, 0.25) is 0 Å². The van der Waals surface area contributed by atoms with E-state index in [1.165, 1.54) is 22.4 Å². The van der Waals surface area contributed by atoms with E-state index in [9.17, 15) is 0 Å². The van der Waals surface area contributed by atoms with E-state index in [0.717, 1.165) is 6.54 Å². The zero-order valence-electron chi connectivity index (χ0n) is 8.65. The third-order valence-electron chi connectivity index (χ3n) is 2.47. The van der Waals surface area contributed by atoms with Crippen LogP contribution in [0.15, 0.2) is 47.2 Å². The van der Waals surface area contributed by atoms with Gasteiger partial charge in [0.05, 0.1) is 0 Å². The van der Waals surface area contributed by atoms with Gasteiger partial charge in [-0.2, -0.15) is 0 Å². The second kappa shape index (κ2) is 4.13. The van der Waals surface area contributed by atoms with Crippen LogP contribution in [0.5, 0.6) is 0 Å². The van der Waals surface area contributed by atoms with Crippen LogP contribution >= 0.6 is 0 Å². The highest BCUT2D eigenvalue weighted by Gasteiger charge is 2.09. The van der Waals surface area contributed by atoms with Crippen LogP contribution in [0.3, 0.4) is 0 Å². The van der Waals surface area contributed by atoms with Crippen LogP contribution in [0.25, 0.3) is 0 Å². The molecule has 0 fully saturated rings. The normalized spacial score (nSPS) is 18.1. The van der Waals surface area contributed by atoms with Crippen molar-refractivity contribution in [2.24, 2.45) is 0 Å². The first-order chi connectivity index (χ1) is 6.16. The van der Waals surface area contributed by atoms with Gasteiger partial charge in [0, 0.05) is 12.2 Å². The minimum Gasteiger partial charge on any atom is -0.384 e. The van der Waals surface area contributed by atoms with E-state index in [0.29, 0.717) is 0 Å². The second-order valence-corrected chi connectivity index (χ2v) is 3.39. The highest BCUT2D eigenvalue weighted by atomic mass is 14.9. The van der Waals surface area contributed by atoms with Gasteiger partial charge in [-0.05, 0) is 31.9 Å². The summed E-state index contributed by atoms with van der Waals surface area (Å²) in [6.07, 6.45) is 5.88. The molecule has 0 aliphatic carbocycles. The highest BCUT2D eigenvalue weighted by molar-refractivity contribution is 5.47. The number of allylic oxidation sites excluding steroid dienone is 6. The van der Waals surface area contributed by atoms with Crippen molar-refractivity contribution in [2.75, 3.05) is 6.54 Å². The van der Waals surface area contributed by atoms with Crippen LogP contribution in [0.2, 0.25) is 0 Å². The molecule has 70 valence electrons. The summed E-state index contributed by atoms with van der Waals surface area (Å²) in [6.45, 7) is 11.1. The lowest BCUT2D eigenvalue weighted by atomic mass is 9.97. The first-order valence-electron chi connectivity index (χ1n) is 4.57. The van der Waals surface area contributed by atoms with Crippen LogP contribution in [-0.4, -0.2) is 6.54 Å². The van der Waals surface area contributed by atoms with Gasteiger partial charge >= 0.3 is 0 Å². The molecule has 1 aliphatic rings. The number of hydrogen-bond donors (Lipinski definition) is 1. The SMILES string of the molecule is C=C/C=C\C1=C(C)NCC(C)=C1C. The Bertz CT molecular complexity index is 303. The van der Waals surface area contributed by atoms with E-state index in [-0.39, 0.29) is 0 Å². The Morgan fingerprint density at radius 3 is 2.62 bits per heavy atom. The van der Waals surface area contributed by atoms with E-state index in [1.54, 1.807) is 6.08 Å². The molecule has 1 rings (SSSR count). The fourth-order valence-corrected chi connectivity index (χ4v) is 1.42. The lowest BCUT2D eigenvalue weighted by Crippen LogP contribution is -2.21. The van der Waals surface area contributed by atoms with Crippen molar-refractivity contribution in [1.29, 1.82) is 0 Å². The van der Waals surface area contributed by atoms with Gasteiger partial charge in [0.1, 0.15) is 0 Å². The molecule has 0 atom stereocenters. The van der Waals surface area contributed by atoms with E-state index >= 15 is 0 Å². The summed E-state index contributed by atoms with van der Waals surface area (Å²) in [6, 6.07) is 0. The van der Waals surface area contributed by atoms with Crippen LogP contribution in [0.1, 0.15) is 20.8 Å². The lowest BCUT2D eigenvalue weighted by molar-refractivity contribution is 0.826. The van der Waals surface area contributed by atoms with Crippen molar-refractivity contribution >= 4 is 0 Å². The van der Waals surface area contributed by atoms with E-state index in [4.69, 9.17) is 0 Å². The van der Waals surface area contributed by atoms with Crippen molar-refractivity contribution in [2.45, 2.75) is 20.8 Å². The predicted molar refractivity (Wildman–Crippen MR) is 58.4 cm³/mol. The molecule has 1 aliphatic heterocycles. The maximum absolute atomic E-state index is 3.67. The number of dihydropyridines is 1. The number of nitrogens with one attached hydrogen (secondary N) is 1. The molecule has 0 amide bonds. The van der Waals surface area contributed by atoms with E-state index < -0.39 is 0 Å². The highest BCUT2D eigenvalue weighted by Crippen LogP contribution is 2.22. The molecule has 0 bridgehead atoms. The average Bonchev–Trinajstić information content (AvgIpc) is 2.12. The van der Waals surface area contributed by atoms with Crippen LogP contribution in [0.4, 0.5) is 0 Å². The third-order valence-corrected chi connectivity index (χ3v) is 2.47. The predicted octanol–water partition coefficient (Wildman–Crippen LogP) is 2.94. The topological polar surface area (TPSA) is 12.0 Å². The summed E-state index contributed by atoms with van der Waals surface area (Å²) < 4.78 is 0. The molecule has 13 heavy (non-hydrogen) atoms. The largest absolute Gasteiger partial charge is 0.384 e. The summed E-state index contributed by atoms with van der Waals surface area (Å²) in [5.41, 5.74) is 5.34. The molecule has 0 aromatic heterocycles. The molecule has 1 heteroatoms. The van der Waals surface area contributed by atoms with Gasteiger partial charge in [-0.15, -0.1) is 0 Å². The Kier molecular flexibility index (Phi) is 3.13. The maximum atomic E-state index is 3.67. The second-order valence-electron chi connectivity index (χ2n) is 3.39. The molecule has 1 nitrogen and oxygen atoms in total. The quantitative estimate of drug-likeness (QED) is 0.636. The fraction of sp³-hybridized carbons (Fsp3) is 0.333. The molecular weight excluding hydrogens is 158 g/mol. The minimum atomic E-state index is 0.975. The van der Waals surface area contributed by atoms with Crippen molar-refractivity contribution in [3.63, 3.8) is 0 Å². The van der Waals surface area contributed by atoms with Gasteiger partial charge in [-0.25, -0.2) is 0 Å². The maximum Gasteiger partial charge on any atom is 0.0360 e. The zero-order chi connectivity index (χ0) is 9.84. The van der Waals surface area contributed by atoms with Gasteiger partial charge in [0.25, 0.3) is 0 Å². The zero-order valence-corrected chi connectivity index (χ0v) is 8.65. The molecule has 0 radical (unpaired) electrons. The summed E-state index contributed by atoms with van der Waals surface area (Å²) >= 11 is 0. The Labute approximate surface area is 80.5 Å². The molecule has 0 aromatic carbocycles. The third kappa shape index (κ3) is 2.11. The summed E-state index contributed by atoms with van der Waals surface area (Å²) in [5, 5.41) is 3.36. The van der Waals surface area contributed by atoms with E-state index in [1.807, 2.05) is 6.08 Å². The molecule has 1 heterocycles. The van der Waals surface area contributed by atoms with E-state index in [2.05, 4.69) is 38.7 Å². The first kappa shape index (κ1) is 9.85. The van der Waals surface area contributed by atoms with Gasteiger partial charge in [0.15, 0.2) is 0 Å². The monoisotopic (exact) mass is 175 g/mol. The van der Waals surface area contributed by atoms with Gasteiger partial charge in [-0.1, -0.05) is 30.4 Å². The smallest absolute Gasteiger partial charge is 0.0360 e. The number of hydrogen-bond acceptors (Lipinski definition) is 1. The van der Waals surface area contributed by atoms with Gasteiger partial charge in [-0.3, -0.25) is 0 Å². The van der Waals surface area contributed by atoms with Crippen LogP contribution < -0.4 is 5.32 Å². The molecular formula is C12H17N. The standard InChI is InChI=1S/C12H17N/c1-5-6-7-12-10(3)9(2)8-13-11(12)4/h5-7,13H,1,8H2,2-4H3/b7-6-. The Morgan fingerprint density at radius 1 is 1.31 bits per heavy atom. The molecule has 0 aromatic rings. The van der Waals surface area contributed by atoms with Crippen LogP contribution in [0, 0.1) is 0 Å². The van der Waals surface area contributed by atoms with Crippen molar-refractivity contribution in [1.82, 2.24) is 5.32 Å². The fourth-order valence-electron chi connectivity index (χ4n) is 1.42. The van der Waals surface area contributed by atoms with Crippen molar-refractivity contribution in [3.05, 3.63) is 47.2 Å². The average molecular weight is 175 g/mol. The summed E-state index contributed by atoms with van der Waals surface area (Å²) in [7, 11) is 0. The van der Waals surface area contributed by atoms with Crippen molar-refractivity contribution in [3.8, 4) is 0 Å². The minimum absolute atomic E-state index is 0.975. The Morgan fingerprint density at radius 2 is 2.00 bits per heavy atom. The molecule has 0 spiro atoms. The van der Waals surface area contributed by atoms with Crippen molar-refractivity contribution < 1.29 is 0 Å². The molecule has 0 saturated carbocycles. The molecule has 0 unspecified atom stereocenters. The Hall–Kier alpha value is -1.24.